The molecule has 2 aromatic heterocycles. The number of H-pyrrole nitrogens is 1. The predicted molar refractivity (Wildman–Crippen MR) is 114 cm³/mol. The first kappa shape index (κ1) is 18.6. The van der Waals surface area contributed by atoms with Gasteiger partial charge in [-0.25, -0.2) is 9.97 Å². The highest BCUT2D eigenvalue weighted by atomic mass is 35.5. The van der Waals surface area contributed by atoms with Crippen LogP contribution in [-0.2, 0) is 0 Å². The Bertz CT molecular complexity index is 1320. The highest BCUT2D eigenvalue weighted by Crippen LogP contribution is 2.31. The van der Waals surface area contributed by atoms with E-state index in [2.05, 4.69) is 20.3 Å². The van der Waals surface area contributed by atoms with Gasteiger partial charge in [0.25, 0.3) is 5.91 Å². The molecule has 0 aliphatic rings. The lowest BCUT2D eigenvalue weighted by Gasteiger charge is -2.12. The SMILES string of the molecule is Cc1ccc(-c2nc(N)nc3ccc(Cl)cc23)cc1NC(=O)c1cc[nH]c(=O)c1. The average Bonchev–Trinajstić information content (AvgIpc) is 2.69. The summed E-state index contributed by atoms with van der Waals surface area (Å²) in [5, 5.41) is 4.16. The summed E-state index contributed by atoms with van der Waals surface area (Å²) in [5.41, 5.74) is 9.29. The normalized spacial score (nSPS) is 10.8. The Hall–Kier alpha value is -3.71. The molecule has 8 heteroatoms. The Balaban J connectivity index is 1.78. The minimum atomic E-state index is -0.383. The Morgan fingerprint density at radius 3 is 2.72 bits per heavy atom. The van der Waals surface area contributed by atoms with E-state index < -0.39 is 0 Å². The van der Waals surface area contributed by atoms with Crippen LogP contribution in [0.5, 0.6) is 0 Å². The van der Waals surface area contributed by atoms with Gasteiger partial charge in [0.1, 0.15) is 0 Å². The number of halogens is 1. The van der Waals surface area contributed by atoms with Crippen LogP contribution in [0.1, 0.15) is 15.9 Å². The third kappa shape index (κ3) is 3.81. The third-order valence-electron chi connectivity index (χ3n) is 4.47. The number of aromatic amines is 1. The van der Waals surface area contributed by atoms with E-state index in [9.17, 15) is 9.59 Å². The van der Waals surface area contributed by atoms with Crippen LogP contribution in [0.2, 0.25) is 5.02 Å². The molecular weight excluding hydrogens is 390 g/mol. The molecule has 4 N–H and O–H groups in total. The highest BCUT2D eigenvalue weighted by molar-refractivity contribution is 6.31. The van der Waals surface area contributed by atoms with E-state index in [4.69, 9.17) is 17.3 Å². The number of hydrogen-bond donors (Lipinski definition) is 3. The van der Waals surface area contributed by atoms with Crippen LogP contribution in [0.3, 0.4) is 0 Å². The van der Waals surface area contributed by atoms with Crippen molar-refractivity contribution in [1.29, 1.82) is 0 Å². The molecule has 7 nitrogen and oxygen atoms in total. The van der Waals surface area contributed by atoms with Crippen molar-refractivity contribution in [3.8, 4) is 11.3 Å². The van der Waals surface area contributed by atoms with Crippen molar-refractivity contribution in [3.05, 3.63) is 81.2 Å². The maximum atomic E-state index is 12.6. The van der Waals surface area contributed by atoms with E-state index in [-0.39, 0.29) is 23.0 Å². The first-order valence-electron chi connectivity index (χ1n) is 8.74. The van der Waals surface area contributed by atoms with Crippen LogP contribution in [0, 0.1) is 6.92 Å². The number of nitrogens with zero attached hydrogens (tertiary/aromatic N) is 2. The van der Waals surface area contributed by atoms with E-state index in [1.807, 2.05) is 25.1 Å². The first-order chi connectivity index (χ1) is 13.9. The van der Waals surface area contributed by atoms with Gasteiger partial charge in [0.15, 0.2) is 0 Å². The molecule has 0 aliphatic heterocycles. The van der Waals surface area contributed by atoms with Crippen LogP contribution in [0.15, 0.2) is 59.5 Å². The molecule has 0 atom stereocenters. The van der Waals surface area contributed by atoms with Crippen molar-refractivity contribution in [2.24, 2.45) is 0 Å². The number of anilines is 2. The van der Waals surface area contributed by atoms with Gasteiger partial charge in [0, 0.05) is 39.5 Å². The van der Waals surface area contributed by atoms with Gasteiger partial charge >= 0.3 is 0 Å². The molecule has 0 aliphatic carbocycles. The quantitative estimate of drug-likeness (QED) is 0.480. The van der Waals surface area contributed by atoms with Gasteiger partial charge < -0.3 is 16.0 Å². The summed E-state index contributed by atoms with van der Waals surface area (Å²) in [7, 11) is 0. The second-order valence-electron chi connectivity index (χ2n) is 6.52. The predicted octanol–water partition coefficient (Wildman–Crippen LogP) is 3.78. The van der Waals surface area contributed by atoms with E-state index in [0.29, 0.717) is 21.9 Å². The number of fused-ring (bicyclic) bond motifs is 1. The number of pyridine rings is 1. The molecule has 0 bridgehead atoms. The van der Waals surface area contributed by atoms with Crippen LogP contribution in [-0.4, -0.2) is 20.9 Å². The monoisotopic (exact) mass is 405 g/mol. The summed E-state index contributed by atoms with van der Waals surface area (Å²) in [6, 6.07) is 13.7. The van der Waals surface area contributed by atoms with E-state index in [1.54, 1.807) is 18.2 Å². The molecule has 0 radical (unpaired) electrons. The smallest absolute Gasteiger partial charge is 0.255 e. The number of amides is 1. The fourth-order valence-electron chi connectivity index (χ4n) is 3.02. The standard InChI is InChI=1S/C21H16ClN5O2/c1-11-2-3-12(8-17(11)25-20(29)13-6-7-24-18(28)9-13)19-15-10-14(22)4-5-16(15)26-21(23)27-19/h2-10H,1H3,(H,24,28)(H,25,29)(H2,23,26,27). The number of hydrogen-bond acceptors (Lipinski definition) is 5. The Kier molecular flexibility index (Phi) is 4.74. The largest absolute Gasteiger partial charge is 0.368 e. The van der Waals surface area contributed by atoms with Gasteiger partial charge in [0.05, 0.1) is 11.2 Å². The molecule has 4 aromatic rings. The van der Waals surface area contributed by atoms with Crippen molar-refractivity contribution >= 4 is 40.0 Å². The Morgan fingerprint density at radius 2 is 1.93 bits per heavy atom. The van der Waals surface area contributed by atoms with Crippen molar-refractivity contribution < 1.29 is 4.79 Å². The van der Waals surface area contributed by atoms with Crippen molar-refractivity contribution in [1.82, 2.24) is 15.0 Å². The zero-order valence-electron chi connectivity index (χ0n) is 15.4. The van der Waals surface area contributed by atoms with Crippen molar-refractivity contribution in [3.63, 3.8) is 0 Å². The lowest BCUT2D eigenvalue weighted by atomic mass is 10.0. The maximum Gasteiger partial charge on any atom is 0.255 e. The molecular formula is C21H16ClN5O2. The molecule has 0 spiro atoms. The molecule has 144 valence electrons. The minimum Gasteiger partial charge on any atom is -0.368 e. The number of nitrogens with two attached hydrogens (primary N) is 1. The van der Waals surface area contributed by atoms with Crippen molar-refractivity contribution in [2.75, 3.05) is 11.1 Å². The number of aromatic nitrogens is 3. The topological polar surface area (TPSA) is 114 Å². The molecule has 0 saturated heterocycles. The number of nitrogens with one attached hydrogen (secondary N) is 2. The fraction of sp³-hybridized carbons (Fsp3) is 0.0476. The second kappa shape index (κ2) is 7.37. The first-order valence-corrected chi connectivity index (χ1v) is 9.12. The lowest BCUT2D eigenvalue weighted by molar-refractivity contribution is 0.102. The van der Waals surface area contributed by atoms with Crippen LogP contribution >= 0.6 is 11.6 Å². The number of aryl methyl sites for hydroxylation is 1. The van der Waals surface area contributed by atoms with Gasteiger partial charge in [-0.1, -0.05) is 23.7 Å². The third-order valence-corrected chi connectivity index (χ3v) is 4.71. The number of nitrogen functional groups attached to an aromatic ring is 1. The summed E-state index contributed by atoms with van der Waals surface area (Å²) >= 11 is 6.15. The summed E-state index contributed by atoms with van der Waals surface area (Å²) in [4.78, 5) is 35.1. The molecule has 2 aromatic carbocycles. The van der Waals surface area contributed by atoms with Crippen LogP contribution < -0.4 is 16.6 Å². The molecule has 29 heavy (non-hydrogen) atoms. The summed E-state index contributed by atoms with van der Waals surface area (Å²) < 4.78 is 0. The van der Waals surface area contributed by atoms with Crippen LogP contribution in [0.25, 0.3) is 22.2 Å². The van der Waals surface area contributed by atoms with Crippen LogP contribution in [0.4, 0.5) is 11.6 Å². The second-order valence-corrected chi connectivity index (χ2v) is 6.95. The highest BCUT2D eigenvalue weighted by Gasteiger charge is 2.13. The zero-order chi connectivity index (χ0) is 20.5. The molecule has 1 amide bonds. The Morgan fingerprint density at radius 1 is 1.10 bits per heavy atom. The summed E-state index contributed by atoms with van der Waals surface area (Å²) in [6.07, 6.45) is 1.43. The average molecular weight is 406 g/mol. The van der Waals surface area contributed by atoms with E-state index in [0.717, 1.165) is 16.5 Å². The molecule has 4 rings (SSSR count). The van der Waals surface area contributed by atoms with Gasteiger partial charge in [0.2, 0.25) is 11.5 Å². The van der Waals surface area contributed by atoms with Crippen molar-refractivity contribution in [2.45, 2.75) is 6.92 Å². The van der Waals surface area contributed by atoms with E-state index >= 15 is 0 Å². The number of carbonyl (C=O) groups excluding carboxylic acids is 1. The number of rotatable bonds is 3. The Labute approximate surface area is 170 Å². The minimum absolute atomic E-state index is 0.143. The van der Waals surface area contributed by atoms with E-state index in [1.165, 1.54) is 18.3 Å². The van der Waals surface area contributed by atoms with Gasteiger partial charge in [-0.05, 0) is 42.8 Å². The fourth-order valence-corrected chi connectivity index (χ4v) is 3.20. The molecule has 0 unspecified atom stereocenters. The summed E-state index contributed by atoms with van der Waals surface area (Å²) in [6.45, 7) is 1.88. The van der Waals surface area contributed by atoms with Gasteiger partial charge in [-0.3, -0.25) is 9.59 Å². The lowest BCUT2D eigenvalue weighted by Crippen LogP contribution is -2.16. The molecule has 2 heterocycles. The molecule has 0 fully saturated rings. The number of benzene rings is 2. The zero-order valence-corrected chi connectivity index (χ0v) is 16.1. The molecule has 0 saturated carbocycles. The maximum absolute atomic E-state index is 12.6. The van der Waals surface area contributed by atoms with Gasteiger partial charge in [-0.15, -0.1) is 0 Å². The van der Waals surface area contributed by atoms with Gasteiger partial charge in [-0.2, -0.15) is 0 Å². The number of carbonyl (C=O) groups is 1. The summed E-state index contributed by atoms with van der Waals surface area (Å²) in [5.74, 6) is -0.240.